The predicted octanol–water partition coefficient (Wildman–Crippen LogP) is -0.524. The van der Waals surface area contributed by atoms with Crippen molar-refractivity contribution >= 4 is 23.3 Å². The van der Waals surface area contributed by atoms with Crippen LogP contribution in [-0.2, 0) is 4.84 Å². The Kier molecular flexibility index (Phi) is 5.40. The smallest absolute Gasteiger partial charge is 0.220 e. The Morgan fingerprint density at radius 3 is 2.73 bits per heavy atom. The van der Waals surface area contributed by atoms with Gasteiger partial charge in [0.15, 0.2) is 5.11 Å². The lowest BCUT2D eigenvalue weighted by Crippen LogP contribution is -2.33. The molecule has 11 heavy (non-hydrogen) atoms. The van der Waals surface area contributed by atoms with Crippen molar-refractivity contribution in [2.75, 3.05) is 6.61 Å². The van der Waals surface area contributed by atoms with Crippen molar-refractivity contribution in [2.24, 2.45) is 16.5 Å². The second-order valence-corrected chi connectivity index (χ2v) is 2.20. The van der Waals surface area contributed by atoms with Gasteiger partial charge in [0.05, 0.1) is 6.61 Å². The normalized spacial score (nSPS) is 11.2. The number of nitrogens with two attached hydrogens (primary N) is 2. The minimum absolute atomic E-state index is 0.0184. The fraction of sp³-hybridized carbons (Fsp3) is 0.600. The highest BCUT2D eigenvalue weighted by atomic mass is 32.1. The topological polar surface area (TPSA) is 85.7 Å². The van der Waals surface area contributed by atoms with E-state index >= 15 is 0 Å². The summed E-state index contributed by atoms with van der Waals surface area (Å²) in [4.78, 5) is 8.34. The van der Waals surface area contributed by atoms with Gasteiger partial charge in [0.1, 0.15) is 0 Å². The first kappa shape index (κ1) is 10.1. The molecule has 64 valence electrons. The first-order valence-corrected chi connectivity index (χ1v) is 3.59. The van der Waals surface area contributed by atoms with Crippen molar-refractivity contribution in [1.29, 1.82) is 0 Å². The number of hydrogen-bond acceptors (Lipinski definition) is 2. The van der Waals surface area contributed by atoms with Gasteiger partial charge in [-0.3, -0.25) is 4.84 Å². The number of hydroxylamine groups is 1. The molecule has 0 aromatic carbocycles. The van der Waals surface area contributed by atoms with Crippen molar-refractivity contribution in [1.82, 2.24) is 5.48 Å². The SMILES string of the molecule is CCCON/C(N)=N/C(N)=S. The number of nitrogens with one attached hydrogen (secondary N) is 1. The molecule has 0 unspecified atom stereocenters. The largest absolute Gasteiger partial charge is 0.374 e. The van der Waals surface area contributed by atoms with Crippen molar-refractivity contribution in [3.8, 4) is 0 Å². The number of thiocarbonyl (C=S) groups is 1. The number of hydrogen-bond donors (Lipinski definition) is 3. The standard InChI is InChI=1S/C5H12N4OS/c1-2-3-10-9-4(6)8-5(7)11/h2-3H2,1H3,(H5,6,7,8,9,11). The monoisotopic (exact) mass is 176 g/mol. The molecule has 0 radical (unpaired) electrons. The van der Waals surface area contributed by atoms with Gasteiger partial charge in [0.2, 0.25) is 5.96 Å². The van der Waals surface area contributed by atoms with Gasteiger partial charge in [-0.15, -0.1) is 0 Å². The zero-order chi connectivity index (χ0) is 8.69. The minimum atomic E-state index is -0.0184. The van der Waals surface area contributed by atoms with Crippen LogP contribution in [0.5, 0.6) is 0 Å². The summed E-state index contributed by atoms with van der Waals surface area (Å²) in [6.45, 7) is 2.54. The molecular formula is C5H12N4OS. The molecule has 0 saturated carbocycles. The van der Waals surface area contributed by atoms with Crippen molar-refractivity contribution < 1.29 is 4.84 Å². The average Bonchev–Trinajstić information content (AvgIpc) is 1.86. The van der Waals surface area contributed by atoms with Gasteiger partial charge in [0.25, 0.3) is 0 Å². The van der Waals surface area contributed by atoms with Gasteiger partial charge < -0.3 is 11.5 Å². The molecule has 0 aromatic rings. The van der Waals surface area contributed by atoms with Crippen LogP contribution in [0, 0.1) is 0 Å². The molecule has 0 saturated heterocycles. The summed E-state index contributed by atoms with van der Waals surface area (Å²) >= 11 is 4.47. The van der Waals surface area contributed by atoms with Gasteiger partial charge in [-0.25, -0.2) is 5.48 Å². The zero-order valence-electron chi connectivity index (χ0n) is 6.33. The lowest BCUT2D eigenvalue weighted by atomic mass is 10.5. The van der Waals surface area contributed by atoms with Crippen LogP contribution in [0.3, 0.4) is 0 Å². The van der Waals surface area contributed by atoms with Crippen LogP contribution in [0.2, 0.25) is 0 Å². The maximum atomic E-state index is 5.26. The third kappa shape index (κ3) is 7.01. The molecule has 0 bridgehead atoms. The molecular weight excluding hydrogens is 164 g/mol. The molecule has 0 amide bonds. The quantitative estimate of drug-likeness (QED) is 0.177. The second-order valence-electron chi connectivity index (χ2n) is 1.79. The van der Waals surface area contributed by atoms with Crippen LogP contribution >= 0.6 is 12.2 Å². The fourth-order valence-electron chi connectivity index (χ4n) is 0.369. The average molecular weight is 176 g/mol. The zero-order valence-corrected chi connectivity index (χ0v) is 7.15. The minimum Gasteiger partial charge on any atom is -0.374 e. The molecule has 5 N–H and O–H groups in total. The highest BCUT2D eigenvalue weighted by Crippen LogP contribution is 1.75. The van der Waals surface area contributed by atoms with E-state index in [4.69, 9.17) is 16.3 Å². The summed E-state index contributed by atoms with van der Waals surface area (Å²) in [7, 11) is 0. The van der Waals surface area contributed by atoms with Gasteiger partial charge in [-0.2, -0.15) is 4.99 Å². The van der Waals surface area contributed by atoms with E-state index in [-0.39, 0.29) is 11.1 Å². The Hall–Kier alpha value is -0.880. The van der Waals surface area contributed by atoms with Crippen LogP contribution in [0.1, 0.15) is 13.3 Å². The van der Waals surface area contributed by atoms with E-state index in [0.29, 0.717) is 6.61 Å². The molecule has 0 spiro atoms. The van der Waals surface area contributed by atoms with Gasteiger partial charge in [0, 0.05) is 0 Å². The van der Waals surface area contributed by atoms with E-state index in [1.165, 1.54) is 0 Å². The fourth-order valence-corrected chi connectivity index (χ4v) is 0.467. The van der Waals surface area contributed by atoms with Crippen molar-refractivity contribution in [3.63, 3.8) is 0 Å². The highest BCUT2D eigenvalue weighted by molar-refractivity contribution is 7.80. The lowest BCUT2D eigenvalue weighted by molar-refractivity contribution is 0.0848. The number of nitrogens with zero attached hydrogens (tertiary/aromatic N) is 1. The Bertz CT molecular complexity index is 159. The lowest BCUT2D eigenvalue weighted by Gasteiger charge is -2.02. The Morgan fingerprint density at radius 2 is 2.27 bits per heavy atom. The number of guanidine groups is 1. The summed E-state index contributed by atoms with van der Waals surface area (Å²) in [6, 6.07) is 0. The van der Waals surface area contributed by atoms with Crippen LogP contribution in [0.4, 0.5) is 0 Å². The molecule has 0 aliphatic rings. The van der Waals surface area contributed by atoms with E-state index in [0.717, 1.165) is 6.42 Å². The summed E-state index contributed by atoms with van der Waals surface area (Å²) in [5.41, 5.74) is 12.7. The van der Waals surface area contributed by atoms with Crippen LogP contribution in [-0.4, -0.2) is 17.7 Å². The summed E-state index contributed by atoms with van der Waals surface area (Å²) in [6.07, 6.45) is 0.896. The molecule has 0 aliphatic carbocycles. The molecule has 0 fully saturated rings. The molecule has 0 aliphatic heterocycles. The van der Waals surface area contributed by atoms with Crippen molar-refractivity contribution in [3.05, 3.63) is 0 Å². The van der Waals surface area contributed by atoms with E-state index in [1.54, 1.807) is 0 Å². The third-order valence-corrected chi connectivity index (χ3v) is 0.805. The maximum absolute atomic E-state index is 5.26. The first-order valence-electron chi connectivity index (χ1n) is 3.18. The van der Waals surface area contributed by atoms with E-state index < -0.39 is 0 Å². The number of aliphatic imine (C=N–C) groups is 1. The van der Waals surface area contributed by atoms with E-state index in [9.17, 15) is 0 Å². The Morgan fingerprint density at radius 1 is 1.64 bits per heavy atom. The summed E-state index contributed by atoms with van der Waals surface area (Å²) in [5.74, 6) is 0.0750. The highest BCUT2D eigenvalue weighted by Gasteiger charge is 1.89. The van der Waals surface area contributed by atoms with Crippen molar-refractivity contribution in [2.45, 2.75) is 13.3 Å². The molecule has 0 aromatic heterocycles. The second kappa shape index (κ2) is 5.87. The molecule has 6 heteroatoms. The Labute approximate surface area is 70.8 Å². The van der Waals surface area contributed by atoms with Gasteiger partial charge in [-0.1, -0.05) is 6.92 Å². The third-order valence-electron chi connectivity index (χ3n) is 0.714. The van der Waals surface area contributed by atoms with Crippen LogP contribution in [0.15, 0.2) is 4.99 Å². The van der Waals surface area contributed by atoms with Crippen LogP contribution in [0.25, 0.3) is 0 Å². The van der Waals surface area contributed by atoms with Gasteiger partial charge >= 0.3 is 0 Å². The molecule has 0 rings (SSSR count). The van der Waals surface area contributed by atoms with E-state index in [1.807, 2.05) is 6.92 Å². The van der Waals surface area contributed by atoms with Gasteiger partial charge in [-0.05, 0) is 18.6 Å². The summed E-state index contributed by atoms with van der Waals surface area (Å²) < 4.78 is 0. The van der Waals surface area contributed by atoms with Crippen LogP contribution < -0.4 is 16.9 Å². The summed E-state index contributed by atoms with van der Waals surface area (Å²) in [5, 5.41) is -0.0184. The van der Waals surface area contributed by atoms with E-state index in [2.05, 4.69) is 22.7 Å². The molecule has 5 nitrogen and oxygen atoms in total. The number of rotatable bonds is 3. The molecule has 0 heterocycles. The predicted molar refractivity (Wildman–Crippen MR) is 47.8 cm³/mol. The molecule has 0 atom stereocenters. The first-order chi connectivity index (χ1) is 5.16. The Balaban J connectivity index is 3.51. The maximum Gasteiger partial charge on any atom is 0.220 e.